The van der Waals surface area contributed by atoms with Crippen molar-refractivity contribution in [1.29, 1.82) is 0 Å². The lowest BCUT2D eigenvalue weighted by Crippen LogP contribution is -2.04. The molecule has 0 radical (unpaired) electrons. The van der Waals surface area contributed by atoms with Gasteiger partial charge in [0, 0.05) is 6.20 Å². The molecular weight excluding hydrogens is 298 g/mol. The summed E-state index contributed by atoms with van der Waals surface area (Å²) in [5, 5.41) is 4.10. The Morgan fingerprint density at radius 3 is 3.00 bits per heavy atom. The molecule has 9 heteroatoms. The first-order valence-corrected chi connectivity index (χ1v) is 7.32. The SMILES string of the molecule is CSc1nc2c(NCc3ccncn3)nc(Cl)nc2[nH]1. The lowest BCUT2D eigenvalue weighted by Gasteiger charge is -2.05. The second-order valence-electron chi connectivity index (χ2n) is 3.84. The first kappa shape index (κ1) is 13.1. The zero-order valence-electron chi connectivity index (χ0n) is 10.5. The molecule has 0 saturated carbocycles. The highest BCUT2D eigenvalue weighted by Crippen LogP contribution is 2.23. The van der Waals surface area contributed by atoms with Gasteiger partial charge in [-0.25, -0.2) is 15.0 Å². The molecule has 0 unspecified atom stereocenters. The number of hydrogen-bond acceptors (Lipinski definition) is 7. The average molecular weight is 308 g/mol. The largest absolute Gasteiger partial charge is 0.362 e. The highest BCUT2D eigenvalue weighted by atomic mass is 35.5. The monoisotopic (exact) mass is 307 g/mol. The van der Waals surface area contributed by atoms with Crippen molar-refractivity contribution in [2.45, 2.75) is 11.7 Å². The van der Waals surface area contributed by atoms with Gasteiger partial charge in [0.1, 0.15) is 6.33 Å². The Kier molecular flexibility index (Phi) is 3.66. The molecule has 7 nitrogen and oxygen atoms in total. The van der Waals surface area contributed by atoms with Crippen molar-refractivity contribution in [3.05, 3.63) is 29.6 Å². The Morgan fingerprint density at radius 1 is 1.35 bits per heavy atom. The lowest BCUT2D eigenvalue weighted by atomic mass is 10.4. The van der Waals surface area contributed by atoms with Gasteiger partial charge in [-0.05, 0) is 23.9 Å². The summed E-state index contributed by atoms with van der Waals surface area (Å²) in [7, 11) is 0. The molecule has 102 valence electrons. The summed E-state index contributed by atoms with van der Waals surface area (Å²) >= 11 is 7.41. The molecule has 3 rings (SSSR count). The van der Waals surface area contributed by atoms with Gasteiger partial charge < -0.3 is 10.3 Å². The van der Waals surface area contributed by atoms with E-state index in [9.17, 15) is 0 Å². The molecule has 3 heterocycles. The number of H-pyrrole nitrogens is 1. The predicted molar refractivity (Wildman–Crippen MR) is 77.8 cm³/mol. The normalized spacial score (nSPS) is 10.9. The summed E-state index contributed by atoms with van der Waals surface area (Å²) in [5.74, 6) is 0.579. The Balaban J connectivity index is 1.92. The lowest BCUT2D eigenvalue weighted by molar-refractivity contribution is 0.995. The van der Waals surface area contributed by atoms with Crippen LogP contribution in [0.3, 0.4) is 0 Å². The fourth-order valence-electron chi connectivity index (χ4n) is 1.67. The van der Waals surface area contributed by atoms with Crippen LogP contribution < -0.4 is 5.32 Å². The summed E-state index contributed by atoms with van der Waals surface area (Å²) in [6.45, 7) is 0.506. The second kappa shape index (κ2) is 5.59. The maximum Gasteiger partial charge on any atom is 0.226 e. The molecule has 2 N–H and O–H groups in total. The standard InChI is InChI=1S/C11H10ClN7S/c1-20-11-16-7-8(17-10(12)18-9(7)19-11)14-4-6-2-3-13-5-15-6/h2-3,5H,4H2,1H3,(H2,14,16,17,18,19). The molecule has 0 aliphatic heterocycles. The molecule has 0 aliphatic carbocycles. The van der Waals surface area contributed by atoms with E-state index < -0.39 is 0 Å². The summed E-state index contributed by atoms with van der Waals surface area (Å²) in [4.78, 5) is 23.8. The molecule has 0 saturated heterocycles. The van der Waals surface area contributed by atoms with Crippen molar-refractivity contribution in [2.75, 3.05) is 11.6 Å². The number of fused-ring (bicyclic) bond motifs is 1. The van der Waals surface area contributed by atoms with E-state index in [0.717, 1.165) is 10.9 Å². The van der Waals surface area contributed by atoms with Crippen LogP contribution in [0.2, 0.25) is 5.28 Å². The molecule has 0 bridgehead atoms. The molecule has 20 heavy (non-hydrogen) atoms. The molecule has 0 amide bonds. The average Bonchev–Trinajstić information content (AvgIpc) is 2.88. The minimum Gasteiger partial charge on any atom is -0.362 e. The van der Waals surface area contributed by atoms with Crippen LogP contribution in [0, 0.1) is 0 Å². The van der Waals surface area contributed by atoms with Gasteiger partial charge in [0.15, 0.2) is 22.1 Å². The highest BCUT2D eigenvalue weighted by Gasteiger charge is 2.11. The molecule has 0 spiro atoms. The van der Waals surface area contributed by atoms with Crippen LogP contribution in [0.25, 0.3) is 11.2 Å². The van der Waals surface area contributed by atoms with Gasteiger partial charge in [-0.15, -0.1) is 0 Å². The molecule has 3 aromatic rings. The number of anilines is 1. The Hall–Kier alpha value is -1.93. The first-order valence-electron chi connectivity index (χ1n) is 5.72. The van der Waals surface area contributed by atoms with Crippen LogP contribution in [0.15, 0.2) is 23.7 Å². The molecule has 0 aromatic carbocycles. The third kappa shape index (κ3) is 2.66. The summed E-state index contributed by atoms with van der Waals surface area (Å²) in [6.07, 6.45) is 5.12. The number of nitrogens with zero attached hydrogens (tertiary/aromatic N) is 5. The summed E-state index contributed by atoms with van der Waals surface area (Å²) in [6, 6.07) is 1.82. The minimum atomic E-state index is 0.166. The molecule has 0 atom stereocenters. The van der Waals surface area contributed by atoms with E-state index in [1.807, 2.05) is 12.3 Å². The van der Waals surface area contributed by atoms with E-state index in [4.69, 9.17) is 11.6 Å². The van der Waals surface area contributed by atoms with Crippen molar-refractivity contribution < 1.29 is 0 Å². The summed E-state index contributed by atoms with van der Waals surface area (Å²) in [5.41, 5.74) is 2.12. The van der Waals surface area contributed by atoms with Crippen molar-refractivity contribution in [3.8, 4) is 0 Å². The van der Waals surface area contributed by atoms with Crippen molar-refractivity contribution in [1.82, 2.24) is 29.9 Å². The van der Waals surface area contributed by atoms with E-state index in [1.54, 1.807) is 6.20 Å². The fraction of sp³-hybridized carbons (Fsp3) is 0.182. The van der Waals surface area contributed by atoms with Crippen LogP contribution in [0.5, 0.6) is 0 Å². The van der Waals surface area contributed by atoms with Gasteiger partial charge in [0.25, 0.3) is 0 Å². The minimum absolute atomic E-state index is 0.166. The zero-order valence-corrected chi connectivity index (χ0v) is 12.0. The number of rotatable bonds is 4. The Bertz CT molecular complexity index is 730. The van der Waals surface area contributed by atoms with Gasteiger partial charge in [-0.2, -0.15) is 9.97 Å². The van der Waals surface area contributed by atoms with Gasteiger partial charge in [-0.1, -0.05) is 11.8 Å². The first-order chi connectivity index (χ1) is 9.76. The van der Waals surface area contributed by atoms with Gasteiger partial charge in [-0.3, -0.25) is 0 Å². The number of hydrogen-bond donors (Lipinski definition) is 2. The smallest absolute Gasteiger partial charge is 0.226 e. The van der Waals surface area contributed by atoms with Crippen LogP contribution >= 0.6 is 23.4 Å². The van der Waals surface area contributed by atoms with E-state index in [2.05, 4.69) is 35.2 Å². The summed E-state index contributed by atoms with van der Waals surface area (Å²) < 4.78 is 0. The van der Waals surface area contributed by atoms with Crippen LogP contribution in [-0.2, 0) is 6.54 Å². The molecule has 0 aliphatic rings. The number of thioether (sulfide) groups is 1. The van der Waals surface area contributed by atoms with Crippen molar-refractivity contribution in [3.63, 3.8) is 0 Å². The molecular formula is C11H10ClN7S. The quantitative estimate of drug-likeness (QED) is 0.563. The number of aromatic nitrogens is 6. The van der Waals surface area contributed by atoms with E-state index in [-0.39, 0.29) is 5.28 Å². The predicted octanol–water partition coefficient (Wildman–Crippen LogP) is 2.13. The Morgan fingerprint density at radius 2 is 2.25 bits per heavy atom. The van der Waals surface area contributed by atoms with Gasteiger partial charge in [0.05, 0.1) is 12.2 Å². The van der Waals surface area contributed by atoms with E-state index in [1.165, 1.54) is 18.1 Å². The second-order valence-corrected chi connectivity index (χ2v) is 4.97. The van der Waals surface area contributed by atoms with Crippen LogP contribution in [0.1, 0.15) is 5.69 Å². The number of aromatic amines is 1. The number of imidazole rings is 1. The van der Waals surface area contributed by atoms with Crippen LogP contribution in [0.4, 0.5) is 5.82 Å². The third-order valence-corrected chi connectivity index (χ3v) is 3.32. The van der Waals surface area contributed by atoms with Crippen molar-refractivity contribution in [2.24, 2.45) is 0 Å². The topological polar surface area (TPSA) is 92.3 Å². The number of nitrogens with one attached hydrogen (secondary N) is 2. The zero-order chi connectivity index (χ0) is 13.9. The fourth-order valence-corrected chi connectivity index (χ4v) is 2.22. The highest BCUT2D eigenvalue weighted by molar-refractivity contribution is 7.98. The Labute approximate surface area is 123 Å². The third-order valence-electron chi connectivity index (χ3n) is 2.57. The molecule has 3 aromatic heterocycles. The van der Waals surface area contributed by atoms with E-state index >= 15 is 0 Å². The van der Waals surface area contributed by atoms with Gasteiger partial charge >= 0.3 is 0 Å². The van der Waals surface area contributed by atoms with Crippen molar-refractivity contribution >= 4 is 40.3 Å². The van der Waals surface area contributed by atoms with E-state index in [0.29, 0.717) is 23.5 Å². The maximum atomic E-state index is 5.92. The maximum absolute atomic E-state index is 5.92. The van der Waals surface area contributed by atoms with Crippen LogP contribution in [-0.4, -0.2) is 36.2 Å². The molecule has 0 fully saturated rings. The van der Waals surface area contributed by atoms with Gasteiger partial charge in [0.2, 0.25) is 5.28 Å². The number of halogens is 1.